The van der Waals surface area contributed by atoms with E-state index >= 15 is 0 Å². The van der Waals surface area contributed by atoms with Gasteiger partial charge in [0.1, 0.15) is 23.4 Å². The van der Waals surface area contributed by atoms with Crippen LogP contribution in [0, 0.1) is 17.1 Å². The third-order valence-corrected chi connectivity index (χ3v) is 8.01. The van der Waals surface area contributed by atoms with Crippen LogP contribution in [0.2, 0.25) is 0 Å². The summed E-state index contributed by atoms with van der Waals surface area (Å²) >= 11 is 0. The summed E-state index contributed by atoms with van der Waals surface area (Å²) in [5, 5.41) is 16.0. The van der Waals surface area contributed by atoms with Crippen molar-refractivity contribution >= 4 is 21.5 Å². The van der Waals surface area contributed by atoms with Crippen LogP contribution >= 0.6 is 0 Å². The maximum atomic E-state index is 14.3. The minimum atomic E-state index is -3.68. The SMILES string of the molecule is C[C@H]1CCc2nc(cnc2N)-c2c(nn(C)c2C#N)CN2CCS(=O)(=O)N2c2ccc(F)cc21. The standard InChI is InChI=1S/C22H23FN8O2S/c1-13-3-5-16-22(25)26-11-17(27-16)21-18(28-29(2)20(21)10-24)12-30-7-8-34(32,33)31(30)19-6-4-14(23)9-15(13)19/h4,6,9,11,13H,3,5,7-8,12H2,1-2H3,(H2,25,26)/t13-/m0/s1. The van der Waals surface area contributed by atoms with Crippen LogP contribution in [0.4, 0.5) is 15.9 Å². The fourth-order valence-electron chi connectivity index (χ4n) is 4.62. The number of aromatic nitrogens is 4. The molecule has 1 fully saturated rings. The molecule has 0 amide bonds. The van der Waals surface area contributed by atoms with Gasteiger partial charge in [0.25, 0.3) is 0 Å². The summed E-state index contributed by atoms with van der Waals surface area (Å²) in [4.78, 5) is 9.00. The molecular formula is C22H23FN8O2S. The van der Waals surface area contributed by atoms with Gasteiger partial charge in [0.05, 0.1) is 46.8 Å². The lowest BCUT2D eigenvalue weighted by molar-refractivity contribution is 0.313. The zero-order chi connectivity index (χ0) is 24.2. The van der Waals surface area contributed by atoms with Crippen LogP contribution in [0.1, 0.15) is 41.9 Å². The van der Waals surface area contributed by atoms with Crippen molar-refractivity contribution < 1.29 is 12.8 Å². The molecule has 12 heteroatoms. The van der Waals surface area contributed by atoms with Gasteiger partial charge < -0.3 is 5.73 Å². The Morgan fingerprint density at radius 3 is 2.85 bits per heavy atom. The molecule has 176 valence electrons. The van der Waals surface area contributed by atoms with E-state index < -0.39 is 15.8 Å². The number of benzene rings is 1. The van der Waals surface area contributed by atoms with Crippen molar-refractivity contribution in [2.24, 2.45) is 7.05 Å². The lowest BCUT2D eigenvalue weighted by Gasteiger charge is -2.30. The van der Waals surface area contributed by atoms with Gasteiger partial charge in [-0.3, -0.25) is 4.68 Å². The monoisotopic (exact) mass is 482 g/mol. The highest BCUT2D eigenvalue weighted by molar-refractivity contribution is 7.93. The van der Waals surface area contributed by atoms with Crippen molar-refractivity contribution in [3.05, 3.63) is 52.9 Å². The molecule has 2 aromatic heterocycles. The van der Waals surface area contributed by atoms with Gasteiger partial charge in [0.2, 0.25) is 10.0 Å². The Balaban J connectivity index is 1.76. The lowest BCUT2D eigenvalue weighted by atomic mass is 9.93. The van der Waals surface area contributed by atoms with Gasteiger partial charge in [-0.15, -0.1) is 0 Å². The van der Waals surface area contributed by atoms with Crippen molar-refractivity contribution in [2.45, 2.75) is 32.2 Å². The quantitative estimate of drug-likeness (QED) is 0.515. The molecule has 0 saturated carbocycles. The summed E-state index contributed by atoms with van der Waals surface area (Å²) < 4.78 is 43.3. The molecule has 0 aliphatic carbocycles. The number of anilines is 2. The molecule has 2 bridgehead atoms. The Labute approximate surface area is 196 Å². The summed E-state index contributed by atoms with van der Waals surface area (Å²) in [5.74, 6) is -0.436. The van der Waals surface area contributed by atoms with E-state index in [1.807, 2.05) is 6.92 Å². The first-order valence-electron chi connectivity index (χ1n) is 10.8. The van der Waals surface area contributed by atoms with Crippen LogP contribution in [0.5, 0.6) is 0 Å². The van der Waals surface area contributed by atoms with Gasteiger partial charge >= 0.3 is 0 Å². The van der Waals surface area contributed by atoms with Gasteiger partial charge in [-0.25, -0.2) is 22.8 Å². The number of hydrogen-bond donors (Lipinski definition) is 1. The first-order valence-corrected chi connectivity index (χ1v) is 12.5. The minimum Gasteiger partial charge on any atom is -0.382 e. The van der Waals surface area contributed by atoms with Gasteiger partial charge in [-0.1, -0.05) is 6.92 Å². The van der Waals surface area contributed by atoms with Crippen LogP contribution in [-0.2, 0) is 30.0 Å². The number of halogens is 1. The molecule has 1 saturated heterocycles. The molecule has 1 aromatic carbocycles. The second-order valence-corrected chi connectivity index (χ2v) is 10.5. The van der Waals surface area contributed by atoms with E-state index in [0.29, 0.717) is 52.4 Å². The number of nitriles is 1. The molecule has 2 N–H and O–H groups in total. The molecule has 0 spiro atoms. The van der Waals surface area contributed by atoms with Crippen molar-refractivity contribution in [3.8, 4) is 17.3 Å². The number of rotatable bonds is 0. The summed E-state index contributed by atoms with van der Waals surface area (Å²) in [6.07, 6.45) is 2.49. The first-order chi connectivity index (χ1) is 16.2. The predicted molar refractivity (Wildman–Crippen MR) is 123 cm³/mol. The molecule has 34 heavy (non-hydrogen) atoms. The van der Waals surface area contributed by atoms with Crippen LogP contribution < -0.4 is 10.1 Å². The third kappa shape index (κ3) is 3.57. The number of sulfonamides is 1. The summed E-state index contributed by atoms with van der Waals surface area (Å²) in [6, 6.07) is 6.32. The lowest BCUT2D eigenvalue weighted by Crippen LogP contribution is -2.39. The molecule has 5 rings (SSSR count). The number of hydrogen-bond acceptors (Lipinski definition) is 8. The number of nitrogen functional groups attached to an aromatic ring is 1. The van der Waals surface area contributed by atoms with Crippen LogP contribution in [-0.4, -0.2) is 45.5 Å². The Hall–Kier alpha value is -3.56. The molecule has 0 radical (unpaired) electrons. The van der Waals surface area contributed by atoms with E-state index in [4.69, 9.17) is 10.7 Å². The highest BCUT2D eigenvalue weighted by atomic mass is 32.2. The first kappa shape index (κ1) is 22.2. The maximum Gasteiger partial charge on any atom is 0.250 e. The second kappa shape index (κ2) is 8.03. The summed E-state index contributed by atoms with van der Waals surface area (Å²) in [6.45, 7) is 2.25. The third-order valence-electron chi connectivity index (χ3n) is 6.36. The molecule has 0 unspecified atom stereocenters. The molecule has 2 aliphatic rings. The smallest absolute Gasteiger partial charge is 0.250 e. The summed E-state index contributed by atoms with van der Waals surface area (Å²) in [5.41, 5.74) is 9.38. The van der Waals surface area contributed by atoms with Gasteiger partial charge in [0, 0.05) is 13.6 Å². The van der Waals surface area contributed by atoms with Crippen molar-refractivity contribution in [1.29, 1.82) is 5.26 Å². The Kier molecular flexibility index (Phi) is 5.26. The Morgan fingerprint density at radius 2 is 2.09 bits per heavy atom. The highest BCUT2D eigenvalue weighted by Crippen LogP contribution is 2.38. The highest BCUT2D eigenvalue weighted by Gasteiger charge is 2.39. The number of aryl methyl sites for hydroxylation is 2. The van der Waals surface area contributed by atoms with E-state index in [9.17, 15) is 18.1 Å². The maximum absolute atomic E-state index is 14.3. The fourth-order valence-corrected chi connectivity index (χ4v) is 6.20. The molecule has 2 aliphatic heterocycles. The van der Waals surface area contributed by atoms with Crippen LogP contribution in [0.25, 0.3) is 11.3 Å². The van der Waals surface area contributed by atoms with Gasteiger partial charge in [-0.05, 0) is 42.5 Å². The molecular weight excluding hydrogens is 459 g/mol. The van der Waals surface area contributed by atoms with Gasteiger partial charge in [-0.2, -0.15) is 19.8 Å². The topological polar surface area (TPSA) is 134 Å². The van der Waals surface area contributed by atoms with E-state index in [1.165, 1.54) is 33.5 Å². The minimum absolute atomic E-state index is 0.0860. The molecule has 3 aromatic rings. The Bertz CT molecular complexity index is 1450. The zero-order valence-corrected chi connectivity index (χ0v) is 19.5. The number of fused-ring (bicyclic) bond motifs is 7. The Morgan fingerprint density at radius 1 is 1.29 bits per heavy atom. The number of nitrogens with two attached hydrogens (primary N) is 1. The van der Waals surface area contributed by atoms with Gasteiger partial charge in [0.15, 0.2) is 0 Å². The second-order valence-electron chi connectivity index (χ2n) is 8.58. The van der Waals surface area contributed by atoms with Crippen LogP contribution in [0.3, 0.4) is 0 Å². The van der Waals surface area contributed by atoms with E-state index in [0.717, 1.165) is 0 Å². The van der Waals surface area contributed by atoms with E-state index in [2.05, 4.69) is 16.2 Å². The average molecular weight is 483 g/mol. The van der Waals surface area contributed by atoms with E-state index in [1.54, 1.807) is 12.1 Å². The summed E-state index contributed by atoms with van der Waals surface area (Å²) in [7, 11) is -2.03. The number of hydrazine groups is 1. The van der Waals surface area contributed by atoms with Crippen molar-refractivity contribution in [2.75, 3.05) is 22.4 Å². The normalized spacial score (nSPS) is 19.7. The predicted octanol–water partition coefficient (Wildman–Crippen LogP) is 2.09. The van der Waals surface area contributed by atoms with E-state index in [-0.39, 0.29) is 30.6 Å². The number of nitrogens with zero attached hydrogens (tertiary/aromatic N) is 7. The molecule has 4 heterocycles. The van der Waals surface area contributed by atoms with Crippen molar-refractivity contribution in [1.82, 2.24) is 24.8 Å². The molecule has 10 nitrogen and oxygen atoms in total. The average Bonchev–Trinajstić information content (AvgIpc) is 3.27. The van der Waals surface area contributed by atoms with Crippen molar-refractivity contribution in [3.63, 3.8) is 0 Å². The zero-order valence-electron chi connectivity index (χ0n) is 18.7. The molecule has 1 atom stereocenters. The fraction of sp³-hybridized carbons (Fsp3) is 0.364. The largest absolute Gasteiger partial charge is 0.382 e. The van der Waals surface area contributed by atoms with Crippen LogP contribution in [0.15, 0.2) is 24.4 Å².